The number of nitrogens with one attached hydrogen (secondary N) is 1. The van der Waals surface area contributed by atoms with Crippen LogP contribution in [0.2, 0.25) is 0 Å². The number of carbonyl (C=O) groups excluding carboxylic acids is 1. The maximum Gasteiger partial charge on any atom is 0.269 e. The number of thioether (sulfide) groups is 1. The molecule has 0 spiro atoms. The topological polar surface area (TPSA) is 112 Å². The molecular weight excluding hydrogens is 490 g/mol. The number of carbonyl (C=O) groups is 1. The van der Waals surface area contributed by atoms with Crippen molar-refractivity contribution in [2.24, 2.45) is 0 Å². The van der Waals surface area contributed by atoms with Crippen molar-refractivity contribution < 1.29 is 14.5 Å². The van der Waals surface area contributed by atoms with Gasteiger partial charge >= 0.3 is 0 Å². The van der Waals surface area contributed by atoms with Crippen LogP contribution in [0.25, 0.3) is 5.69 Å². The number of methoxy groups -OCH3 is 1. The molecule has 4 rings (SSSR count). The molecule has 0 saturated heterocycles. The van der Waals surface area contributed by atoms with Gasteiger partial charge in [0.1, 0.15) is 5.75 Å². The molecule has 0 fully saturated rings. The molecule has 0 aliphatic carbocycles. The van der Waals surface area contributed by atoms with Gasteiger partial charge in [-0.3, -0.25) is 19.5 Å². The normalized spacial score (nSPS) is 11.6. The van der Waals surface area contributed by atoms with E-state index in [1.54, 1.807) is 19.2 Å². The molecule has 3 aromatic carbocycles. The second-order valence-electron chi connectivity index (χ2n) is 8.36. The molecule has 9 nitrogen and oxygen atoms in total. The van der Waals surface area contributed by atoms with Gasteiger partial charge in [-0.2, -0.15) is 0 Å². The molecule has 190 valence electrons. The fraction of sp³-hybridized carbons (Fsp3) is 0.222. The highest BCUT2D eigenvalue weighted by Gasteiger charge is 2.22. The Kier molecular flexibility index (Phi) is 8.52. The Morgan fingerprint density at radius 1 is 1.05 bits per heavy atom. The number of non-ortho nitro benzene ring substituents is 1. The number of amides is 1. The molecular formula is C27H27N5O4S. The Morgan fingerprint density at radius 2 is 1.78 bits per heavy atom. The predicted octanol–water partition coefficient (Wildman–Crippen LogP) is 5.29. The third kappa shape index (κ3) is 6.73. The van der Waals surface area contributed by atoms with Crippen LogP contribution < -0.4 is 10.1 Å². The molecule has 4 aromatic rings. The number of rotatable bonds is 11. The van der Waals surface area contributed by atoms with Gasteiger partial charge in [-0.1, -0.05) is 54.2 Å². The molecule has 10 heteroatoms. The molecule has 1 heterocycles. The summed E-state index contributed by atoms with van der Waals surface area (Å²) in [7, 11) is 1.62. The van der Waals surface area contributed by atoms with Gasteiger partial charge in [0, 0.05) is 30.0 Å². The third-order valence-electron chi connectivity index (χ3n) is 5.73. The minimum atomic E-state index is -0.440. The Bertz CT molecular complexity index is 1360. The lowest BCUT2D eigenvalue weighted by atomic mass is 10.1. The van der Waals surface area contributed by atoms with Crippen LogP contribution in [-0.2, 0) is 17.0 Å². The molecule has 1 atom stereocenters. The first-order chi connectivity index (χ1) is 17.9. The van der Waals surface area contributed by atoms with E-state index in [0.29, 0.717) is 35.3 Å². The smallest absolute Gasteiger partial charge is 0.269 e. The van der Waals surface area contributed by atoms with Crippen LogP contribution in [0.3, 0.4) is 0 Å². The largest absolute Gasteiger partial charge is 0.497 e. The Labute approximate surface area is 219 Å². The van der Waals surface area contributed by atoms with Crippen molar-refractivity contribution in [3.63, 3.8) is 0 Å². The number of nitrogens with zero attached hydrogens (tertiary/aromatic N) is 4. The summed E-state index contributed by atoms with van der Waals surface area (Å²) < 4.78 is 7.14. The summed E-state index contributed by atoms with van der Waals surface area (Å²) in [4.78, 5) is 23.4. The average Bonchev–Trinajstić information content (AvgIpc) is 3.35. The SMILES string of the molecule is COc1cccc(CSc2nnc(C(C)NC(=O)CCc3ccccc3)n2-c2ccc([N+](=O)[O-])cc2)c1. The Hall–Kier alpha value is -4.18. The molecule has 0 saturated carbocycles. The molecule has 1 aromatic heterocycles. The Balaban J connectivity index is 1.55. The van der Waals surface area contributed by atoms with Crippen LogP contribution in [0.1, 0.15) is 36.3 Å². The first-order valence-electron chi connectivity index (χ1n) is 11.7. The zero-order chi connectivity index (χ0) is 26.2. The van der Waals surface area contributed by atoms with Crippen molar-refractivity contribution in [1.29, 1.82) is 0 Å². The van der Waals surface area contributed by atoms with Crippen LogP contribution in [0.4, 0.5) is 5.69 Å². The summed E-state index contributed by atoms with van der Waals surface area (Å²) in [5.74, 6) is 1.82. The number of nitro groups is 1. The zero-order valence-corrected chi connectivity index (χ0v) is 21.4. The lowest BCUT2D eigenvalue weighted by Gasteiger charge is -2.16. The first kappa shape index (κ1) is 25.9. The zero-order valence-electron chi connectivity index (χ0n) is 20.5. The average molecular weight is 518 g/mol. The lowest BCUT2D eigenvalue weighted by Crippen LogP contribution is -2.28. The van der Waals surface area contributed by atoms with Crippen molar-refractivity contribution in [3.8, 4) is 11.4 Å². The summed E-state index contributed by atoms with van der Waals surface area (Å²) in [5.41, 5.74) is 2.80. The lowest BCUT2D eigenvalue weighted by molar-refractivity contribution is -0.384. The highest BCUT2D eigenvalue weighted by atomic mass is 32.2. The molecule has 1 unspecified atom stereocenters. The fourth-order valence-electron chi connectivity index (χ4n) is 3.81. The van der Waals surface area contributed by atoms with Crippen molar-refractivity contribution in [3.05, 3.63) is 106 Å². The van der Waals surface area contributed by atoms with Gasteiger partial charge in [0.25, 0.3) is 5.69 Å². The summed E-state index contributed by atoms with van der Waals surface area (Å²) in [6.45, 7) is 1.85. The number of nitro benzene ring substituents is 1. The molecule has 0 aliphatic rings. The number of aromatic nitrogens is 3. The second-order valence-corrected chi connectivity index (χ2v) is 9.31. The molecule has 1 amide bonds. The van der Waals surface area contributed by atoms with Gasteiger partial charge in [-0.15, -0.1) is 10.2 Å². The molecule has 37 heavy (non-hydrogen) atoms. The monoisotopic (exact) mass is 517 g/mol. The highest BCUT2D eigenvalue weighted by molar-refractivity contribution is 7.98. The third-order valence-corrected chi connectivity index (χ3v) is 6.73. The van der Waals surface area contributed by atoms with E-state index in [-0.39, 0.29) is 11.6 Å². The van der Waals surface area contributed by atoms with Crippen LogP contribution in [0.15, 0.2) is 84.0 Å². The maximum absolute atomic E-state index is 12.7. The van der Waals surface area contributed by atoms with E-state index < -0.39 is 11.0 Å². The van der Waals surface area contributed by atoms with E-state index in [9.17, 15) is 14.9 Å². The van der Waals surface area contributed by atoms with E-state index in [0.717, 1.165) is 16.9 Å². The van der Waals surface area contributed by atoms with Crippen LogP contribution in [0, 0.1) is 10.1 Å². The van der Waals surface area contributed by atoms with Crippen molar-refractivity contribution in [1.82, 2.24) is 20.1 Å². The van der Waals surface area contributed by atoms with Gasteiger partial charge in [-0.05, 0) is 48.7 Å². The van der Waals surface area contributed by atoms with E-state index in [1.807, 2.05) is 66.1 Å². The minimum absolute atomic E-state index is 0.00813. The minimum Gasteiger partial charge on any atom is -0.497 e. The van der Waals surface area contributed by atoms with Crippen LogP contribution in [-0.4, -0.2) is 32.7 Å². The van der Waals surface area contributed by atoms with Crippen molar-refractivity contribution in [2.75, 3.05) is 7.11 Å². The highest BCUT2D eigenvalue weighted by Crippen LogP contribution is 2.29. The van der Waals surface area contributed by atoms with E-state index in [1.165, 1.54) is 23.9 Å². The predicted molar refractivity (Wildman–Crippen MR) is 142 cm³/mol. The van der Waals surface area contributed by atoms with E-state index in [4.69, 9.17) is 4.74 Å². The van der Waals surface area contributed by atoms with E-state index in [2.05, 4.69) is 15.5 Å². The van der Waals surface area contributed by atoms with Crippen LogP contribution >= 0.6 is 11.8 Å². The second kappa shape index (κ2) is 12.2. The summed E-state index contributed by atoms with van der Waals surface area (Å²) >= 11 is 1.48. The number of ether oxygens (including phenoxy) is 1. The molecule has 1 N–H and O–H groups in total. The van der Waals surface area contributed by atoms with Gasteiger partial charge in [0.2, 0.25) is 5.91 Å². The number of benzene rings is 3. The maximum atomic E-state index is 12.7. The quantitative estimate of drug-likeness (QED) is 0.163. The van der Waals surface area contributed by atoms with Crippen molar-refractivity contribution in [2.45, 2.75) is 36.7 Å². The van der Waals surface area contributed by atoms with Crippen molar-refractivity contribution >= 4 is 23.4 Å². The molecule has 0 aliphatic heterocycles. The summed E-state index contributed by atoms with van der Waals surface area (Å²) in [6.07, 6.45) is 0.980. The summed E-state index contributed by atoms with van der Waals surface area (Å²) in [5, 5.41) is 23.5. The Morgan fingerprint density at radius 3 is 2.49 bits per heavy atom. The van der Waals surface area contributed by atoms with Gasteiger partial charge in [0.15, 0.2) is 11.0 Å². The van der Waals surface area contributed by atoms with Crippen LogP contribution in [0.5, 0.6) is 5.75 Å². The van der Waals surface area contributed by atoms with Gasteiger partial charge < -0.3 is 10.1 Å². The number of hydrogen-bond acceptors (Lipinski definition) is 7. The van der Waals surface area contributed by atoms with Gasteiger partial charge in [0.05, 0.1) is 18.1 Å². The van der Waals surface area contributed by atoms with E-state index >= 15 is 0 Å². The summed E-state index contributed by atoms with van der Waals surface area (Å²) in [6, 6.07) is 23.4. The van der Waals surface area contributed by atoms with Gasteiger partial charge in [-0.25, -0.2) is 0 Å². The molecule has 0 radical (unpaired) electrons. The molecule has 0 bridgehead atoms. The fourth-order valence-corrected chi connectivity index (χ4v) is 4.71. The first-order valence-corrected chi connectivity index (χ1v) is 12.7. The number of aryl methyl sites for hydroxylation is 1. The standard InChI is InChI=1S/C27H27N5O4S/c1-19(28-25(33)16-11-20-7-4-3-5-8-20)26-29-30-27(37-18-21-9-6-10-24(17-21)36-2)31(26)22-12-14-23(15-13-22)32(34)35/h3-10,12-15,17,19H,11,16,18H2,1-2H3,(H,28,33). The number of hydrogen-bond donors (Lipinski definition) is 1.